The third-order valence-electron chi connectivity index (χ3n) is 3.79. The molecule has 0 saturated carbocycles. The minimum atomic E-state index is 0.0736. The lowest BCUT2D eigenvalue weighted by Crippen LogP contribution is -2.23. The maximum absolute atomic E-state index is 6.07. The summed E-state index contributed by atoms with van der Waals surface area (Å²) < 4.78 is 7.70. The number of aromatic nitrogens is 3. The molecule has 6 N–H and O–H groups in total. The van der Waals surface area contributed by atoms with Crippen LogP contribution < -0.4 is 17.2 Å². The lowest BCUT2D eigenvalue weighted by Gasteiger charge is -2.09. The third kappa shape index (κ3) is 3.09. The Morgan fingerprint density at radius 3 is 2.79 bits per heavy atom. The van der Waals surface area contributed by atoms with Gasteiger partial charge in [-0.15, -0.1) is 0 Å². The van der Waals surface area contributed by atoms with Gasteiger partial charge in [0.1, 0.15) is 11.3 Å². The Hall–Kier alpha value is -2.87. The van der Waals surface area contributed by atoms with Crippen molar-refractivity contribution in [2.75, 3.05) is 25.5 Å². The van der Waals surface area contributed by atoms with Crippen molar-refractivity contribution in [1.82, 2.24) is 14.5 Å². The van der Waals surface area contributed by atoms with Gasteiger partial charge in [0.2, 0.25) is 0 Å². The van der Waals surface area contributed by atoms with Crippen LogP contribution >= 0.6 is 0 Å². The number of benzene rings is 1. The summed E-state index contributed by atoms with van der Waals surface area (Å²) in [5.74, 6) is 1.39. The Balaban J connectivity index is 1.85. The molecule has 24 heavy (non-hydrogen) atoms. The molecule has 0 radical (unpaired) electrons. The molecule has 3 aromatic rings. The topological polar surface area (TPSA) is 130 Å². The lowest BCUT2D eigenvalue weighted by molar-refractivity contribution is 0.134. The number of nitrogen functional groups attached to an aromatic ring is 1. The molecular formula is C16H21N7O. The number of para-hydroxylation sites is 1. The highest BCUT2D eigenvalue weighted by Gasteiger charge is 2.14. The number of fused-ring (bicyclic) bond motifs is 3. The van der Waals surface area contributed by atoms with Crippen molar-refractivity contribution in [3.8, 4) is 0 Å². The van der Waals surface area contributed by atoms with Crippen LogP contribution in [0.4, 0.5) is 5.82 Å². The number of anilines is 1. The zero-order chi connectivity index (χ0) is 17.1. The molecule has 8 heteroatoms. The summed E-state index contributed by atoms with van der Waals surface area (Å²) in [5, 5.41) is 1.03. The standard InChI is InChI=1S/C16H21N7O/c1-10-21-13-14(11-4-2-3-5-12(11)22-15(13)17)23(10)7-9-24-8-6-20-16(18)19/h2-5H,6-9H2,1H3,(H2,17,22)(H4,18,19,20). The van der Waals surface area contributed by atoms with Crippen molar-refractivity contribution in [2.45, 2.75) is 13.5 Å². The first-order valence-electron chi connectivity index (χ1n) is 7.72. The minimum Gasteiger partial charge on any atom is -0.382 e. The second-order valence-corrected chi connectivity index (χ2v) is 5.44. The van der Waals surface area contributed by atoms with Crippen molar-refractivity contribution in [3.05, 3.63) is 30.1 Å². The fourth-order valence-electron chi connectivity index (χ4n) is 2.74. The smallest absolute Gasteiger partial charge is 0.185 e. The zero-order valence-corrected chi connectivity index (χ0v) is 13.6. The number of hydrogen-bond donors (Lipinski definition) is 3. The summed E-state index contributed by atoms with van der Waals surface area (Å²) in [6.07, 6.45) is 0. The largest absolute Gasteiger partial charge is 0.382 e. The van der Waals surface area contributed by atoms with Crippen LogP contribution in [0, 0.1) is 6.92 Å². The van der Waals surface area contributed by atoms with E-state index >= 15 is 0 Å². The summed E-state index contributed by atoms with van der Waals surface area (Å²) in [7, 11) is 0. The van der Waals surface area contributed by atoms with Gasteiger partial charge in [0.05, 0.1) is 30.8 Å². The van der Waals surface area contributed by atoms with Gasteiger partial charge in [-0.2, -0.15) is 0 Å². The van der Waals surface area contributed by atoms with Gasteiger partial charge in [0.15, 0.2) is 11.8 Å². The number of nitrogens with two attached hydrogens (primary N) is 3. The van der Waals surface area contributed by atoms with E-state index in [1.54, 1.807) is 0 Å². The van der Waals surface area contributed by atoms with Crippen LogP contribution in [-0.2, 0) is 11.3 Å². The Labute approximate surface area is 139 Å². The molecule has 0 saturated heterocycles. The van der Waals surface area contributed by atoms with E-state index in [9.17, 15) is 0 Å². The molecule has 0 amide bonds. The quantitative estimate of drug-likeness (QED) is 0.348. The molecule has 0 atom stereocenters. The maximum Gasteiger partial charge on any atom is 0.185 e. The molecule has 0 bridgehead atoms. The van der Waals surface area contributed by atoms with Gasteiger partial charge in [0, 0.05) is 11.9 Å². The molecule has 0 aliphatic carbocycles. The van der Waals surface area contributed by atoms with E-state index in [0.29, 0.717) is 32.1 Å². The summed E-state index contributed by atoms with van der Waals surface area (Å²) in [6.45, 7) is 4.06. The monoisotopic (exact) mass is 327 g/mol. The van der Waals surface area contributed by atoms with E-state index in [1.807, 2.05) is 31.2 Å². The number of hydrogen-bond acceptors (Lipinski definition) is 5. The molecule has 0 unspecified atom stereocenters. The predicted molar refractivity (Wildman–Crippen MR) is 95.7 cm³/mol. The van der Waals surface area contributed by atoms with Gasteiger partial charge >= 0.3 is 0 Å². The van der Waals surface area contributed by atoms with E-state index < -0.39 is 0 Å². The number of nitrogens with zero attached hydrogens (tertiary/aromatic N) is 4. The minimum absolute atomic E-state index is 0.0736. The Morgan fingerprint density at radius 2 is 2.00 bits per heavy atom. The molecule has 8 nitrogen and oxygen atoms in total. The number of pyridine rings is 1. The van der Waals surface area contributed by atoms with Crippen molar-refractivity contribution < 1.29 is 4.74 Å². The fourth-order valence-corrected chi connectivity index (χ4v) is 2.74. The summed E-state index contributed by atoms with van der Waals surface area (Å²) in [6, 6.07) is 7.91. The average molecular weight is 327 g/mol. The van der Waals surface area contributed by atoms with Gasteiger partial charge in [-0.3, -0.25) is 4.99 Å². The maximum atomic E-state index is 6.07. The van der Waals surface area contributed by atoms with E-state index in [4.69, 9.17) is 21.9 Å². The van der Waals surface area contributed by atoms with E-state index in [2.05, 4.69) is 19.5 Å². The van der Waals surface area contributed by atoms with E-state index in [-0.39, 0.29) is 5.96 Å². The van der Waals surface area contributed by atoms with Crippen LogP contribution in [0.2, 0.25) is 0 Å². The first-order chi connectivity index (χ1) is 11.6. The molecular weight excluding hydrogens is 306 g/mol. The molecule has 0 aliphatic rings. The highest BCUT2D eigenvalue weighted by Crippen LogP contribution is 2.28. The molecule has 0 fully saturated rings. The molecule has 2 aromatic heterocycles. The van der Waals surface area contributed by atoms with Crippen LogP contribution in [-0.4, -0.2) is 40.3 Å². The van der Waals surface area contributed by atoms with Crippen LogP contribution in [0.5, 0.6) is 0 Å². The fraction of sp³-hybridized carbons (Fsp3) is 0.312. The van der Waals surface area contributed by atoms with Gasteiger partial charge < -0.3 is 26.5 Å². The van der Waals surface area contributed by atoms with Crippen LogP contribution in [0.1, 0.15) is 5.82 Å². The molecule has 126 valence electrons. The molecule has 1 aromatic carbocycles. The Bertz CT molecular complexity index is 896. The van der Waals surface area contributed by atoms with Gasteiger partial charge in [-0.05, 0) is 13.0 Å². The second kappa shape index (κ2) is 6.71. The van der Waals surface area contributed by atoms with Gasteiger partial charge in [-0.1, -0.05) is 18.2 Å². The Morgan fingerprint density at radius 1 is 1.21 bits per heavy atom. The molecule has 2 heterocycles. The first-order valence-corrected chi connectivity index (χ1v) is 7.72. The lowest BCUT2D eigenvalue weighted by atomic mass is 10.2. The van der Waals surface area contributed by atoms with Crippen LogP contribution in [0.25, 0.3) is 21.9 Å². The third-order valence-corrected chi connectivity index (χ3v) is 3.79. The molecule has 0 aliphatic heterocycles. The summed E-state index contributed by atoms with van der Waals surface area (Å²) in [5.41, 5.74) is 19.2. The second-order valence-electron chi connectivity index (χ2n) is 5.44. The normalized spacial score (nSPS) is 11.2. The van der Waals surface area contributed by atoms with Crippen LogP contribution in [0.3, 0.4) is 0 Å². The summed E-state index contributed by atoms with van der Waals surface area (Å²) >= 11 is 0. The SMILES string of the molecule is Cc1nc2c(N)nc3ccccc3c2n1CCOCCN=C(N)N. The number of ether oxygens (including phenoxy) is 1. The summed E-state index contributed by atoms with van der Waals surface area (Å²) in [4.78, 5) is 12.9. The highest BCUT2D eigenvalue weighted by atomic mass is 16.5. The van der Waals surface area contributed by atoms with Gasteiger partial charge in [0.25, 0.3) is 0 Å². The van der Waals surface area contributed by atoms with Gasteiger partial charge in [-0.25, -0.2) is 9.97 Å². The Kier molecular flexibility index (Phi) is 4.48. The van der Waals surface area contributed by atoms with Crippen LogP contribution in [0.15, 0.2) is 29.3 Å². The van der Waals surface area contributed by atoms with E-state index in [0.717, 1.165) is 27.8 Å². The molecule has 0 spiro atoms. The molecule has 3 rings (SSSR count). The van der Waals surface area contributed by atoms with Crippen molar-refractivity contribution in [2.24, 2.45) is 16.5 Å². The number of guanidine groups is 1. The predicted octanol–water partition coefficient (Wildman–Crippen LogP) is 0.765. The highest BCUT2D eigenvalue weighted by molar-refractivity contribution is 6.06. The van der Waals surface area contributed by atoms with Crippen molar-refractivity contribution >= 4 is 33.7 Å². The van der Waals surface area contributed by atoms with E-state index in [1.165, 1.54) is 0 Å². The van der Waals surface area contributed by atoms with Crippen molar-refractivity contribution in [1.29, 1.82) is 0 Å². The number of rotatable bonds is 6. The number of aryl methyl sites for hydroxylation is 1. The van der Waals surface area contributed by atoms with Crippen molar-refractivity contribution in [3.63, 3.8) is 0 Å². The first kappa shape index (κ1) is 16.0. The zero-order valence-electron chi connectivity index (χ0n) is 13.6. The average Bonchev–Trinajstić information content (AvgIpc) is 2.88. The number of aliphatic imine (C=N–C) groups is 1. The number of imidazole rings is 1.